The summed E-state index contributed by atoms with van der Waals surface area (Å²) < 4.78 is 10.8. The van der Waals surface area contributed by atoms with Crippen molar-refractivity contribution in [2.24, 2.45) is 17.4 Å². The van der Waals surface area contributed by atoms with Crippen molar-refractivity contribution in [1.29, 1.82) is 5.41 Å². The van der Waals surface area contributed by atoms with Crippen LogP contribution in [0.2, 0.25) is 0 Å². The monoisotopic (exact) mass is 536 g/mol. The molecule has 1 aliphatic rings. The van der Waals surface area contributed by atoms with Gasteiger partial charge in [0.25, 0.3) is 0 Å². The summed E-state index contributed by atoms with van der Waals surface area (Å²) >= 11 is 0. The normalized spacial score (nSPS) is 16.4. The fourth-order valence-electron chi connectivity index (χ4n) is 4.41. The summed E-state index contributed by atoms with van der Waals surface area (Å²) in [4.78, 5) is 38.1. The molecular weight excluding hydrogens is 508 g/mol. The lowest BCUT2D eigenvalue weighted by Gasteiger charge is -2.25. The summed E-state index contributed by atoms with van der Waals surface area (Å²) in [5.74, 6) is -1.08. The van der Waals surface area contributed by atoms with Crippen LogP contribution >= 0.6 is 12.4 Å². The Morgan fingerprint density at radius 2 is 1.47 bits per heavy atom. The van der Waals surface area contributed by atoms with Crippen molar-refractivity contribution >= 4 is 41.7 Å². The molecule has 0 radical (unpaired) electrons. The van der Waals surface area contributed by atoms with Crippen molar-refractivity contribution in [3.05, 3.63) is 83.9 Å². The molecule has 0 aromatic heterocycles. The van der Waals surface area contributed by atoms with Crippen molar-refractivity contribution in [3.63, 3.8) is 0 Å². The van der Waals surface area contributed by atoms with Gasteiger partial charge in [-0.25, -0.2) is 0 Å². The van der Waals surface area contributed by atoms with E-state index < -0.39 is 17.8 Å². The first-order chi connectivity index (χ1) is 17.8. The number of nitrogens with one attached hydrogen (secondary N) is 1. The van der Waals surface area contributed by atoms with E-state index in [4.69, 9.17) is 26.4 Å². The zero-order chi connectivity index (χ0) is 26.5. The average molecular weight is 537 g/mol. The summed E-state index contributed by atoms with van der Waals surface area (Å²) in [7, 11) is 1.30. The lowest BCUT2D eigenvalue weighted by molar-refractivity contribution is -0.143. The Hall–Kier alpha value is -4.37. The number of rotatable bonds is 9. The number of esters is 1. The van der Waals surface area contributed by atoms with Gasteiger partial charge in [-0.1, -0.05) is 36.4 Å². The van der Waals surface area contributed by atoms with E-state index in [0.29, 0.717) is 29.0 Å². The first kappa shape index (κ1) is 28.2. The maximum atomic E-state index is 13.2. The number of amides is 2. The molecule has 10 heteroatoms. The number of primary amides is 1. The molecule has 0 unspecified atom stereocenters. The first-order valence-corrected chi connectivity index (χ1v) is 11.7. The van der Waals surface area contributed by atoms with Crippen LogP contribution in [0, 0.1) is 11.3 Å². The van der Waals surface area contributed by atoms with Crippen LogP contribution in [-0.2, 0) is 14.3 Å². The molecule has 5 N–H and O–H groups in total. The van der Waals surface area contributed by atoms with E-state index in [9.17, 15) is 14.4 Å². The van der Waals surface area contributed by atoms with Crippen LogP contribution in [0.25, 0.3) is 11.1 Å². The van der Waals surface area contributed by atoms with Crippen LogP contribution in [-0.4, -0.2) is 43.4 Å². The van der Waals surface area contributed by atoms with E-state index in [1.54, 1.807) is 41.3 Å². The van der Waals surface area contributed by atoms with Crippen LogP contribution in [0.5, 0.6) is 5.75 Å². The fourth-order valence-corrected chi connectivity index (χ4v) is 4.41. The van der Waals surface area contributed by atoms with Gasteiger partial charge in [0, 0.05) is 16.8 Å². The molecule has 0 aliphatic carbocycles. The number of hydrogen-bond acceptors (Lipinski definition) is 6. The van der Waals surface area contributed by atoms with Crippen LogP contribution in [0.15, 0.2) is 72.8 Å². The quantitative estimate of drug-likeness (QED) is 0.216. The number of anilines is 1. The molecule has 3 aromatic rings. The van der Waals surface area contributed by atoms with Gasteiger partial charge in [0.05, 0.1) is 25.5 Å². The third kappa shape index (κ3) is 6.30. The minimum Gasteiger partial charge on any atom is -0.491 e. The van der Waals surface area contributed by atoms with Gasteiger partial charge in [-0.15, -0.1) is 12.4 Å². The summed E-state index contributed by atoms with van der Waals surface area (Å²) in [6, 6.07) is 21.1. The van der Waals surface area contributed by atoms with Crippen molar-refractivity contribution in [2.45, 2.75) is 18.9 Å². The largest absolute Gasteiger partial charge is 0.491 e. The highest BCUT2D eigenvalue weighted by Gasteiger charge is 2.41. The number of amidine groups is 1. The highest BCUT2D eigenvalue weighted by molar-refractivity contribution is 6.00. The molecule has 0 bridgehead atoms. The zero-order valence-corrected chi connectivity index (χ0v) is 21.6. The number of methoxy groups -OCH3 is 1. The molecule has 9 nitrogen and oxygen atoms in total. The van der Waals surface area contributed by atoms with Gasteiger partial charge in [-0.3, -0.25) is 19.8 Å². The summed E-state index contributed by atoms with van der Waals surface area (Å²) in [6.45, 7) is 0.216. The van der Waals surface area contributed by atoms with Crippen LogP contribution < -0.4 is 21.1 Å². The summed E-state index contributed by atoms with van der Waals surface area (Å²) in [5, 5.41) is 7.51. The molecule has 1 heterocycles. The van der Waals surface area contributed by atoms with E-state index in [0.717, 1.165) is 11.1 Å². The number of nitrogens with zero attached hydrogens (tertiary/aromatic N) is 1. The first-order valence-electron chi connectivity index (χ1n) is 11.7. The molecule has 4 rings (SSSR count). The standard InChI is InChI=1S/C28H28N4O5.ClH/c1-36-25(33)15-21-14-23(32(28(21)35)22-10-6-20(7-11-22)27(31)34)16-37-24-12-8-18(9-13-24)17-2-4-19(5-3-17)26(29)30;/h2-13,21,23H,14-16H2,1H3,(H3,29,30)(H2,31,34);1H/t21-,23-;/m0./s1. The molecule has 1 saturated heterocycles. The van der Waals surface area contributed by atoms with Gasteiger partial charge >= 0.3 is 5.97 Å². The van der Waals surface area contributed by atoms with Crippen LogP contribution in [0.4, 0.5) is 5.69 Å². The second-order valence-electron chi connectivity index (χ2n) is 8.81. The Morgan fingerprint density at radius 3 is 2.00 bits per heavy atom. The van der Waals surface area contributed by atoms with E-state index in [2.05, 4.69) is 0 Å². The lowest BCUT2D eigenvalue weighted by atomic mass is 10.0. The van der Waals surface area contributed by atoms with Crippen LogP contribution in [0.3, 0.4) is 0 Å². The summed E-state index contributed by atoms with van der Waals surface area (Å²) in [6.07, 6.45) is 0.408. The second kappa shape index (κ2) is 12.2. The highest BCUT2D eigenvalue weighted by Crippen LogP contribution is 2.33. The van der Waals surface area contributed by atoms with Gasteiger partial charge in [-0.05, 0) is 53.9 Å². The lowest BCUT2D eigenvalue weighted by Crippen LogP contribution is -2.37. The van der Waals surface area contributed by atoms with E-state index in [1.807, 2.05) is 36.4 Å². The highest BCUT2D eigenvalue weighted by atomic mass is 35.5. The minimum atomic E-state index is -0.555. The Balaban J connectivity index is 0.00000400. The molecule has 198 valence electrons. The molecule has 0 spiro atoms. The molecule has 2 amide bonds. The smallest absolute Gasteiger partial charge is 0.306 e. The Labute approximate surface area is 226 Å². The van der Waals surface area contributed by atoms with Crippen LogP contribution in [0.1, 0.15) is 28.8 Å². The third-order valence-electron chi connectivity index (χ3n) is 6.41. The van der Waals surface area contributed by atoms with Gasteiger partial charge in [0.1, 0.15) is 18.2 Å². The minimum absolute atomic E-state index is 0. The number of carbonyl (C=O) groups excluding carboxylic acids is 3. The Morgan fingerprint density at radius 1 is 0.921 bits per heavy atom. The van der Waals surface area contributed by atoms with Gasteiger partial charge in [0.15, 0.2) is 0 Å². The van der Waals surface area contributed by atoms with E-state index >= 15 is 0 Å². The maximum Gasteiger partial charge on any atom is 0.306 e. The maximum absolute atomic E-state index is 13.2. The van der Waals surface area contributed by atoms with Crippen molar-refractivity contribution in [2.75, 3.05) is 18.6 Å². The average Bonchev–Trinajstić information content (AvgIpc) is 3.22. The zero-order valence-electron chi connectivity index (χ0n) is 20.8. The molecular formula is C28H29ClN4O5. The Kier molecular flexibility index (Phi) is 9.09. The predicted molar refractivity (Wildman–Crippen MR) is 147 cm³/mol. The number of halogens is 1. The molecule has 0 saturated carbocycles. The van der Waals surface area contributed by atoms with Gasteiger partial charge in [-0.2, -0.15) is 0 Å². The van der Waals surface area contributed by atoms with Gasteiger partial charge in [0.2, 0.25) is 11.8 Å². The molecule has 2 atom stereocenters. The number of nitrogen functional groups attached to an aromatic ring is 1. The topological polar surface area (TPSA) is 149 Å². The Bertz CT molecular complexity index is 1310. The summed E-state index contributed by atoms with van der Waals surface area (Å²) in [5.41, 5.74) is 14.4. The van der Waals surface area contributed by atoms with Gasteiger partial charge < -0.3 is 25.8 Å². The number of carbonyl (C=O) groups is 3. The van der Waals surface area contributed by atoms with E-state index in [-0.39, 0.29) is 43.2 Å². The SMILES string of the molecule is COC(=O)C[C@@H]1C[C@@H](COc2ccc(-c3ccc(C(=N)N)cc3)cc2)N(c2ccc(C(N)=O)cc2)C1=O.Cl. The fraction of sp³-hybridized carbons (Fsp3) is 0.214. The third-order valence-corrected chi connectivity index (χ3v) is 6.41. The number of hydrogen-bond donors (Lipinski definition) is 3. The molecule has 1 aliphatic heterocycles. The molecule has 3 aromatic carbocycles. The number of nitrogens with two attached hydrogens (primary N) is 2. The predicted octanol–water partition coefficient (Wildman–Crippen LogP) is 3.52. The van der Waals surface area contributed by atoms with E-state index in [1.165, 1.54) is 7.11 Å². The number of ether oxygens (including phenoxy) is 2. The number of benzene rings is 3. The molecule has 38 heavy (non-hydrogen) atoms. The second-order valence-corrected chi connectivity index (χ2v) is 8.81. The van der Waals surface area contributed by atoms with Crippen molar-refractivity contribution in [3.8, 4) is 16.9 Å². The van der Waals surface area contributed by atoms with Crippen molar-refractivity contribution < 1.29 is 23.9 Å². The molecule has 1 fully saturated rings. The van der Waals surface area contributed by atoms with Crippen molar-refractivity contribution in [1.82, 2.24) is 0 Å².